The number of carbonyl (C=O) groups is 1. The second kappa shape index (κ2) is 7.11. The minimum absolute atomic E-state index is 0.0112. The fraction of sp³-hybridized carbons (Fsp3) is 0.0952. The second-order valence-corrected chi connectivity index (χ2v) is 5.71. The van der Waals surface area contributed by atoms with Gasteiger partial charge in [0.1, 0.15) is 0 Å². The highest BCUT2D eigenvalue weighted by molar-refractivity contribution is 6.04. The summed E-state index contributed by atoms with van der Waals surface area (Å²) in [6.45, 7) is 1.98. The lowest BCUT2D eigenvalue weighted by Crippen LogP contribution is -2.12. The maximum absolute atomic E-state index is 12.4. The first-order chi connectivity index (χ1) is 11.7. The molecule has 2 N–H and O–H groups in total. The van der Waals surface area contributed by atoms with Crippen LogP contribution in [0.2, 0.25) is 0 Å². The van der Waals surface area contributed by atoms with Crippen molar-refractivity contribution in [1.29, 1.82) is 0 Å². The maximum atomic E-state index is 12.4. The lowest BCUT2D eigenvalue weighted by atomic mass is 10.0. The van der Waals surface area contributed by atoms with Crippen LogP contribution in [0.15, 0.2) is 72.8 Å². The van der Waals surface area contributed by atoms with Gasteiger partial charge in [-0.2, -0.15) is 0 Å². The van der Waals surface area contributed by atoms with E-state index in [0.29, 0.717) is 5.56 Å². The van der Waals surface area contributed by atoms with Gasteiger partial charge in [-0.25, -0.2) is 0 Å². The third kappa shape index (κ3) is 3.53. The van der Waals surface area contributed by atoms with E-state index >= 15 is 0 Å². The fourth-order valence-corrected chi connectivity index (χ4v) is 2.57. The molecule has 24 heavy (non-hydrogen) atoms. The summed E-state index contributed by atoms with van der Waals surface area (Å²) in [6.07, 6.45) is 0. The van der Waals surface area contributed by atoms with E-state index in [1.54, 1.807) is 12.1 Å². The van der Waals surface area contributed by atoms with Crippen LogP contribution >= 0.6 is 0 Å². The Morgan fingerprint density at radius 1 is 0.917 bits per heavy atom. The molecule has 0 saturated heterocycles. The summed E-state index contributed by atoms with van der Waals surface area (Å²) in [5.74, 6) is -0.125. The molecule has 0 heterocycles. The number of anilines is 1. The number of benzene rings is 3. The van der Waals surface area contributed by atoms with Gasteiger partial charge in [0.15, 0.2) is 0 Å². The number of hydrogen-bond acceptors (Lipinski definition) is 2. The molecular formula is C21H19NO2. The van der Waals surface area contributed by atoms with Gasteiger partial charge in [0.05, 0.1) is 6.61 Å². The van der Waals surface area contributed by atoms with Crippen LogP contribution < -0.4 is 5.32 Å². The van der Waals surface area contributed by atoms with Crippen LogP contribution in [-0.4, -0.2) is 11.0 Å². The predicted octanol–water partition coefficient (Wildman–Crippen LogP) is 4.41. The second-order valence-electron chi connectivity index (χ2n) is 5.71. The van der Waals surface area contributed by atoms with Crippen molar-refractivity contribution in [2.45, 2.75) is 13.5 Å². The summed E-state index contributed by atoms with van der Waals surface area (Å²) in [5, 5.41) is 12.3. The highest BCUT2D eigenvalue weighted by atomic mass is 16.3. The number of aliphatic hydroxyl groups is 1. The number of aliphatic hydroxyl groups excluding tert-OH is 1. The van der Waals surface area contributed by atoms with Crippen molar-refractivity contribution in [3.05, 3.63) is 89.5 Å². The van der Waals surface area contributed by atoms with Crippen LogP contribution in [-0.2, 0) is 6.61 Å². The number of hydrogen-bond donors (Lipinski definition) is 2. The summed E-state index contributed by atoms with van der Waals surface area (Å²) in [4.78, 5) is 12.4. The first-order valence-electron chi connectivity index (χ1n) is 7.84. The predicted molar refractivity (Wildman–Crippen MR) is 96.9 cm³/mol. The zero-order valence-electron chi connectivity index (χ0n) is 13.5. The SMILES string of the molecule is Cc1ccc(-c2cccc(CO)c2)cc1NC(=O)c1ccccc1. The largest absolute Gasteiger partial charge is 0.392 e. The van der Waals surface area contributed by atoms with E-state index < -0.39 is 0 Å². The zero-order chi connectivity index (χ0) is 16.9. The van der Waals surface area contributed by atoms with Gasteiger partial charge in [-0.1, -0.05) is 48.5 Å². The van der Waals surface area contributed by atoms with Crippen LogP contribution in [0.5, 0.6) is 0 Å². The Labute approximate surface area is 141 Å². The van der Waals surface area contributed by atoms with E-state index in [1.807, 2.05) is 67.6 Å². The monoisotopic (exact) mass is 317 g/mol. The third-order valence-corrected chi connectivity index (χ3v) is 3.96. The zero-order valence-corrected chi connectivity index (χ0v) is 13.5. The standard InChI is InChI=1S/C21H19NO2/c1-15-10-11-19(18-9-5-6-16(12-18)14-23)13-20(15)22-21(24)17-7-3-2-4-8-17/h2-13,23H,14H2,1H3,(H,22,24). The van der Waals surface area contributed by atoms with Crippen molar-refractivity contribution in [2.75, 3.05) is 5.32 Å². The molecule has 3 aromatic carbocycles. The molecule has 0 atom stereocenters. The highest BCUT2D eigenvalue weighted by Gasteiger charge is 2.09. The number of nitrogens with one attached hydrogen (secondary N) is 1. The Morgan fingerprint density at radius 3 is 2.42 bits per heavy atom. The van der Waals surface area contributed by atoms with Crippen LogP contribution in [0.25, 0.3) is 11.1 Å². The molecule has 120 valence electrons. The average Bonchev–Trinajstić information content (AvgIpc) is 2.64. The van der Waals surface area contributed by atoms with E-state index in [1.165, 1.54) is 0 Å². The topological polar surface area (TPSA) is 49.3 Å². The number of aryl methyl sites for hydroxylation is 1. The van der Waals surface area contributed by atoms with Gasteiger partial charge in [-0.15, -0.1) is 0 Å². The van der Waals surface area contributed by atoms with Crippen molar-refractivity contribution in [3.63, 3.8) is 0 Å². The van der Waals surface area contributed by atoms with Gasteiger partial charge < -0.3 is 10.4 Å². The number of carbonyl (C=O) groups excluding carboxylic acids is 1. The maximum Gasteiger partial charge on any atom is 0.255 e. The molecular weight excluding hydrogens is 298 g/mol. The number of rotatable bonds is 4. The lowest BCUT2D eigenvalue weighted by Gasteiger charge is -2.11. The van der Waals surface area contributed by atoms with Gasteiger partial charge >= 0.3 is 0 Å². The van der Waals surface area contributed by atoms with Crippen molar-refractivity contribution in [2.24, 2.45) is 0 Å². The minimum Gasteiger partial charge on any atom is -0.392 e. The first kappa shape index (κ1) is 16.0. The van der Waals surface area contributed by atoms with Gasteiger partial charge in [-0.3, -0.25) is 4.79 Å². The molecule has 3 heteroatoms. The summed E-state index contributed by atoms with van der Waals surface area (Å²) in [6, 6.07) is 22.9. The molecule has 0 aliphatic rings. The van der Waals surface area contributed by atoms with E-state index in [-0.39, 0.29) is 12.5 Å². The molecule has 0 fully saturated rings. The molecule has 0 saturated carbocycles. The average molecular weight is 317 g/mol. The molecule has 0 aromatic heterocycles. The smallest absolute Gasteiger partial charge is 0.255 e. The molecule has 0 aliphatic carbocycles. The van der Waals surface area contributed by atoms with Crippen LogP contribution in [0.4, 0.5) is 5.69 Å². The Kier molecular flexibility index (Phi) is 4.73. The highest BCUT2D eigenvalue weighted by Crippen LogP contribution is 2.26. The van der Waals surface area contributed by atoms with E-state index in [0.717, 1.165) is 27.9 Å². The van der Waals surface area contributed by atoms with Crippen molar-refractivity contribution < 1.29 is 9.90 Å². The van der Waals surface area contributed by atoms with E-state index in [2.05, 4.69) is 5.32 Å². The van der Waals surface area contributed by atoms with Gasteiger partial charge in [0.25, 0.3) is 5.91 Å². The fourth-order valence-electron chi connectivity index (χ4n) is 2.57. The van der Waals surface area contributed by atoms with E-state index in [9.17, 15) is 9.90 Å². The van der Waals surface area contributed by atoms with Gasteiger partial charge in [-0.05, 0) is 53.4 Å². The minimum atomic E-state index is -0.125. The Morgan fingerprint density at radius 2 is 1.67 bits per heavy atom. The Hall–Kier alpha value is -2.91. The molecule has 3 aromatic rings. The first-order valence-corrected chi connectivity index (χ1v) is 7.84. The molecule has 0 bridgehead atoms. The Bertz CT molecular complexity index is 857. The lowest BCUT2D eigenvalue weighted by molar-refractivity contribution is 0.102. The van der Waals surface area contributed by atoms with Gasteiger partial charge in [0, 0.05) is 11.3 Å². The van der Waals surface area contributed by atoms with E-state index in [4.69, 9.17) is 0 Å². The molecule has 3 rings (SSSR count). The molecule has 0 radical (unpaired) electrons. The summed E-state index contributed by atoms with van der Waals surface area (Å²) in [5.41, 5.74) is 5.29. The molecule has 0 unspecified atom stereocenters. The summed E-state index contributed by atoms with van der Waals surface area (Å²) in [7, 11) is 0. The van der Waals surface area contributed by atoms with Crippen LogP contribution in [0.1, 0.15) is 21.5 Å². The van der Waals surface area contributed by atoms with Gasteiger partial charge in [0.2, 0.25) is 0 Å². The molecule has 1 amide bonds. The number of amides is 1. The molecule has 0 aliphatic heterocycles. The normalized spacial score (nSPS) is 10.4. The Balaban J connectivity index is 1.90. The summed E-state index contributed by atoms with van der Waals surface area (Å²) < 4.78 is 0. The van der Waals surface area contributed by atoms with Crippen molar-refractivity contribution in [1.82, 2.24) is 0 Å². The summed E-state index contributed by atoms with van der Waals surface area (Å²) >= 11 is 0. The third-order valence-electron chi connectivity index (χ3n) is 3.96. The van der Waals surface area contributed by atoms with Crippen LogP contribution in [0.3, 0.4) is 0 Å². The van der Waals surface area contributed by atoms with Crippen molar-refractivity contribution >= 4 is 11.6 Å². The van der Waals surface area contributed by atoms with Crippen LogP contribution in [0, 0.1) is 6.92 Å². The molecule has 3 nitrogen and oxygen atoms in total. The van der Waals surface area contributed by atoms with Crippen molar-refractivity contribution in [3.8, 4) is 11.1 Å². The quantitative estimate of drug-likeness (QED) is 0.749. The molecule has 0 spiro atoms.